The van der Waals surface area contributed by atoms with E-state index < -0.39 is 5.97 Å². The molecule has 2 rings (SSSR count). The maximum absolute atomic E-state index is 11.7. The van der Waals surface area contributed by atoms with Crippen LogP contribution in [0.4, 0.5) is 5.69 Å². The molecule has 0 saturated carbocycles. The summed E-state index contributed by atoms with van der Waals surface area (Å²) in [5, 5.41) is 7.56. The minimum Gasteiger partial charge on any atom is -0.455 e. The molecular weight excluding hydrogens is 258 g/mol. The van der Waals surface area contributed by atoms with Crippen LogP contribution >= 0.6 is 11.6 Å². The molecule has 0 spiro atoms. The van der Waals surface area contributed by atoms with Crippen LogP contribution in [0.2, 0.25) is 5.02 Å². The molecule has 18 heavy (non-hydrogen) atoms. The van der Waals surface area contributed by atoms with E-state index in [4.69, 9.17) is 22.1 Å². The van der Waals surface area contributed by atoms with Crippen LogP contribution in [0.1, 0.15) is 21.7 Å². The van der Waals surface area contributed by atoms with Crippen LogP contribution < -0.4 is 5.73 Å². The van der Waals surface area contributed by atoms with Crippen LogP contribution in [0, 0.1) is 6.92 Å². The first kappa shape index (κ1) is 12.4. The van der Waals surface area contributed by atoms with Gasteiger partial charge in [0, 0.05) is 10.7 Å². The van der Waals surface area contributed by atoms with Gasteiger partial charge in [-0.3, -0.25) is 0 Å². The summed E-state index contributed by atoms with van der Waals surface area (Å²) in [6.45, 7) is 1.69. The van der Waals surface area contributed by atoms with Crippen molar-refractivity contribution in [1.82, 2.24) is 10.3 Å². The number of aryl methyl sites for hydroxylation is 1. The largest absolute Gasteiger partial charge is 0.455 e. The van der Waals surface area contributed by atoms with Crippen molar-refractivity contribution in [3.05, 3.63) is 40.2 Å². The highest BCUT2D eigenvalue weighted by atomic mass is 35.5. The molecule has 0 aliphatic carbocycles. The Morgan fingerprint density at radius 3 is 2.83 bits per heavy atom. The molecule has 0 fully saturated rings. The normalized spacial score (nSPS) is 10.3. The summed E-state index contributed by atoms with van der Waals surface area (Å²) in [6, 6.07) is 4.51. The van der Waals surface area contributed by atoms with E-state index in [1.165, 1.54) is 12.1 Å². The average molecular weight is 268 g/mol. The van der Waals surface area contributed by atoms with Crippen LogP contribution in [0.15, 0.2) is 22.8 Å². The van der Waals surface area contributed by atoms with Crippen molar-refractivity contribution < 1.29 is 14.2 Å². The van der Waals surface area contributed by atoms with E-state index in [9.17, 15) is 4.79 Å². The lowest BCUT2D eigenvalue weighted by Gasteiger charge is -2.04. The fourth-order valence-corrected chi connectivity index (χ4v) is 1.57. The third kappa shape index (κ3) is 2.78. The van der Waals surface area contributed by atoms with Gasteiger partial charge in [0.1, 0.15) is 18.0 Å². The molecule has 0 aliphatic rings. The number of nitrogen functional groups attached to an aromatic ring is 1. The third-order valence-corrected chi connectivity index (χ3v) is 2.46. The summed E-state index contributed by atoms with van der Waals surface area (Å²) in [4.78, 5) is 11.7. The highest BCUT2D eigenvalue weighted by Gasteiger charge is 2.12. The molecule has 1 aromatic heterocycles. The van der Waals surface area contributed by atoms with Crippen LogP contribution in [0.3, 0.4) is 0 Å². The Labute approximate surface area is 108 Å². The molecule has 7 heteroatoms. The van der Waals surface area contributed by atoms with E-state index in [0.29, 0.717) is 22.1 Å². The van der Waals surface area contributed by atoms with Gasteiger partial charge in [0.15, 0.2) is 0 Å². The summed E-state index contributed by atoms with van der Waals surface area (Å²) in [5.41, 5.74) is 7.31. The number of esters is 1. The van der Waals surface area contributed by atoms with Crippen molar-refractivity contribution in [3.63, 3.8) is 0 Å². The molecule has 0 amide bonds. The number of anilines is 1. The second-order valence-electron chi connectivity index (χ2n) is 3.65. The molecule has 0 radical (unpaired) electrons. The number of benzene rings is 1. The Morgan fingerprint density at radius 1 is 1.44 bits per heavy atom. The standard InChI is InChI=1S/C11H10ClN3O3/c1-6-10(15-18-14-6)5-17-11(16)7-2-8(12)4-9(13)3-7/h2-4H,5,13H2,1H3. The molecule has 0 aliphatic heterocycles. The Hall–Kier alpha value is -2.08. The lowest BCUT2D eigenvalue weighted by molar-refractivity contribution is 0.0463. The fraction of sp³-hybridized carbons (Fsp3) is 0.182. The number of hydrogen-bond donors (Lipinski definition) is 1. The maximum atomic E-state index is 11.7. The van der Waals surface area contributed by atoms with Crippen LogP contribution in [0.25, 0.3) is 0 Å². The van der Waals surface area contributed by atoms with Gasteiger partial charge in [0.05, 0.1) is 5.56 Å². The van der Waals surface area contributed by atoms with Crippen LogP contribution in [0.5, 0.6) is 0 Å². The number of nitrogens with two attached hydrogens (primary N) is 1. The number of nitrogens with zero attached hydrogens (tertiary/aromatic N) is 2. The first-order chi connectivity index (χ1) is 8.56. The number of halogens is 1. The predicted octanol–water partition coefficient (Wildman–Crippen LogP) is 1.97. The lowest BCUT2D eigenvalue weighted by Crippen LogP contribution is -2.06. The first-order valence-electron chi connectivity index (χ1n) is 5.07. The number of carbonyl (C=O) groups excluding carboxylic acids is 1. The van der Waals surface area contributed by atoms with E-state index in [2.05, 4.69) is 14.9 Å². The van der Waals surface area contributed by atoms with Crippen molar-refractivity contribution in [1.29, 1.82) is 0 Å². The second kappa shape index (κ2) is 5.05. The van der Waals surface area contributed by atoms with Gasteiger partial charge in [0.2, 0.25) is 0 Å². The maximum Gasteiger partial charge on any atom is 0.338 e. The van der Waals surface area contributed by atoms with Crippen molar-refractivity contribution >= 4 is 23.3 Å². The van der Waals surface area contributed by atoms with Crippen molar-refractivity contribution in [2.45, 2.75) is 13.5 Å². The first-order valence-corrected chi connectivity index (χ1v) is 5.45. The quantitative estimate of drug-likeness (QED) is 0.675. The van der Waals surface area contributed by atoms with Gasteiger partial charge >= 0.3 is 5.97 Å². The van der Waals surface area contributed by atoms with Crippen molar-refractivity contribution in [3.8, 4) is 0 Å². The van der Waals surface area contributed by atoms with Gasteiger partial charge in [0.25, 0.3) is 0 Å². The highest BCUT2D eigenvalue weighted by Crippen LogP contribution is 2.17. The lowest BCUT2D eigenvalue weighted by atomic mass is 10.2. The Kier molecular flexibility index (Phi) is 3.47. The molecule has 6 nitrogen and oxygen atoms in total. The Morgan fingerprint density at radius 2 is 2.22 bits per heavy atom. The summed E-state index contributed by atoms with van der Waals surface area (Å²) < 4.78 is 9.54. The van der Waals surface area contributed by atoms with Crippen molar-refractivity contribution in [2.24, 2.45) is 0 Å². The van der Waals surface area contributed by atoms with E-state index in [1.807, 2.05) is 0 Å². The highest BCUT2D eigenvalue weighted by molar-refractivity contribution is 6.31. The van der Waals surface area contributed by atoms with E-state index >= 15 is 0 Å². The fourth-order valence-electron chi connectivity index (χ4n) is 1.33. The summed E-state index contributed by atoms with van der Waals surface area (Å²) in [5.74, 6) is -0.536. The van der Waals surface area contributed by atoms with E-state index in [1.54, 1.807) is 13.0 Å². The van der Waals surface area contributed by atoms with Gasteiger partial charge in [-0.15, -0.1) is 0 Å². The SMILES string of the molecule is Cc1nonc1COC(=O)c1cc(N)cc(Cl)c1. The second-order valence-corrected chi connectivity index (χ2v) is 4.08. The smallest absolute Gasteiger partial charge is 0.338 e. The predicted molar refractivity (Wildman–Crippen MR) is 64.0 cm³/mol. The summed E-state index contributed by atoms with van der Waals surface area (Å²) in [6.07, 6.45) is 0. The summed E-state index contributed by atoms with van der Waals surface area (Å²) in [7, 11) is 0. The number of ether oxygens (including phenoxy) is 1. The molecule has 0 bridgehead atoms. The average Bonchev–Trinajstić information content (AvgIpc) is 2.70. The zero-order valence-electron chi connectivity index (χ0n) is 9.51. The van der Waals surface area contributed by atoms with Gasteiger partial charge < -0.3 is 10.5 Å². The number of rotatable bonds is 3. The van der Waals surface area contributed by atoms with E-state index in [-0.39, 0.29) is 12.2 Å². The van der Waals surface area contributed by atoms with E-state index in [0.717, 1.165) is 0 Å². The van der Waals surface area contributed by atoms with Gasteiger partial charge in [-0.2, -0.15) is 0 Å². The molecule has 94 valence electrons. The molecule has 2 aromatic rings. The monoisotopic (exact) mass is 267 g/mol. The molecular formula is C11H10ClN3O3. The number of hydrogen-bond acceptors (Lipinski definition) is 6. The van der Waals surface area contributed by atoms with Crippen LogP contribution in [-0.2, 0) is 11.3 Å². The Balaban J connectivity index is 2.06. The minimum atomic E-state index is -0.536. The zero-order valence-corrected chi connectivity index (χ0v) is 10.3. The zero-order chi connectivity index (χ0) is 13.1. The molecule has 0 atom stereocenters. The molecule has 1 heterocycles. The van der Waals surface area contributed by atoms with Gasteiger partial charge in [-0.05, 0) is 25.1 Å². The van der Waals surface area contributed by atoms with Crippen LogP contribution in [-0.4, -0.2) is 16.3 Å². The molecule has 0 saturated heterocycles. The number of aromatic nitrogens is 2. The minimum absolute atomic E-state index is 0.0133. The summed E-state index contributed by atoms with van der Waals surface area (Å²) >= 11 is 5.79. The van der Waals surface area contributed by atoms with Gasteiger partial charge in [-0.1, -0.05) is 21.9 Å². The van der Waals surface area contributed by atoms with Gasteiger partial charge in [-0.25, -0.2) is 9.42 Å². The molecule has 1 aromatic carbocycles. The molecule has 0 unspecified atom stereocenters. The number of carbonyl (C=O) groups is 1. The third-order valence-electron chi connectivity index (χ3n) is 2.24. The van der Waals surface area contributed by atoms with Crippen molar-refractivity contribution in [2.75, 3.05) is 5.73 Å². The Bertz CT molecular complexity index is 562. The topological polar surface area (TPSA) is 91.2 Å². The molecule has 2 N–H and O–H groups in total.